The fourth-order valence-corrected chi connectivity index (χ4v) is 4.33. The lowest BCUT2D eigenvalue weighted by atomic mass is 10.1. The van der Waals surface area contributed by atoms with Gasteiger partial charge in [0.15, 0.2) is 4.34 Å². The maximum absolute atomic E-state index is 13.3. The van der Waals surface area contributed by atoms with Crippen LogP contribution in [0.2, 0.25) is 0 Å². The third-order valence-corrected chi connectivity index (χ3v) is 6.23. The van der Waals surface area contributed by atoms with Crippen molar-refractivity contribution < 1.29 is 14.0 Å². The molecule has 2 N–H and O–H groups in total. The van der Waals surface area contributed by atoms with Crippen molar-refractivity contribution in [2.24, 2.45) is 0 Å². The summed E-state index contributed by atoms with van der Waals surface area (Å²) in [5.74, 6) is -0.485. The number of carbonyl (C=O) groups is 2. The van der Waals surface area contributed by atoms with Gasteiger partial charge in [-0.1, -0.05) is 35.2 Å². The molecule has 0 bridgehead atoms. The number of amides is 2. The zero-order valence-corrected chi connectivity index (χ0v) is 18.7. The molecule has 1 aromatic heterocycles. The van der Waals surface area contributed by atoms with Gasteiger partial charge >= 0.3 is 0 Å². The zero-order chi connectivity index (χ0) is 22.2. The number of halogens is 1. The van der Waals surface area contributed by atoms with Gasteiger partial charge in [-0.25, -0.2) is 4.39 Å². The summed E-state index contributed by atoms with van der Waals surface area (Å²) in [6.45, 7) is 5.11. The number of rotatable bonds is 9. The standard InChI is InChI=1S/C21H22FN5O2S2/c1-3-27(4-2)19(29)14-7-5-9-16(11-14)23-18(28)13-30-21-26-25-20(31-21)24-17-10-6-8-15(22)12-17/h5-12H,3-4,13H2,1-2H3,(H,23,28)(H,24,25). The third-order valence-electron chi connectivity index (χ3n) is 4.25. The highest BCUT2D eigenvalue weighted by Gasteiger charge is 2.14. The predicted molar refractivity (Wildman–Crippen MR) is 123 cm³/mol. The molecule has 3 aromatic rings. The Labute approximate surface area is 188 Å². The molecule has 0 aliphatic heterocycles. The SMILES string of the molecule is CCN(CC)C(=O)c1cccc(NC(=O)CSc2nnc(Nc3cccc(F)c3)s2)c1. The molecule has 2 aromatic carbocycles. The van der Waals surface area contributed by atoms with E-state index < -0.39 is 0 Å². The van der Waals surface area contributed by atoms with Gasteiger partial charge in [-0.2, -0.15) is 0 Å². The number of thioether (sulfide) groups is 1. The Morgan fingerprint density at radius 2 is 1.81 bits per heavy atom. The van der Waals surface area contributed by atoms with E-state index in [1.54, 1.807) is 41.3 Å². The van der Waals surface area contributed by atoms with Crippen molar-refractivity contribution in [1.29, 1.82) is 0 Å². The van der Waals surface area contributed by atoms with Gasteiger partial charge in [0.2, 0.25) is 11.0 Å². The van der Waals surface area contributed by atoms with E-state index in [-0.39, 0.29) is 23.4 Å². The highest BCUT2D eigenvalue weighted by atomic mass is 32.2. The van der Waals surface area contributed by atoms with Crippen molar-refractivity contribution >= 4 is 51.4 Å². The minimum Gasteiger partial charge on any atom is -0.339 e. The summed E-state index contributed by atoms with van der Waals surface area (Å²) in [4.78, 5) is 26.5. The minimum atomic E-state index is -0.344. The second-order valence-corrected chi connectivity index (χ2v) is 8.60. The summed E-state index contributed by atoms with van der Waals surface area (Å²) in [6, 6.07) is 12.9. The number of nitrogens with one attached hydrogen (secondary N) is 2. The number of hydrogen-bond donors (Lipinski definition) is 2. The first-order valence-corrected chi connectivity index (χ1v) is 11.5. The van der Waals surface area contributed by atoms with E-state index in [1.165, 1.54) is 35.2 Å². The van der Waals surface area contributed by atoms with Crippen molar-refractivity contribution in [3.05, 3.63) is 59.9 Å². The molecule has 0 unspecified atom stereocenters. The molecule has 31 heavy (non-hydrogen) atoms. The third kappa shape index (κ3) is 6.50. The van der Waals surface area contributed by atoms with E-state index in [2.05, 4.69) is 20.8 Å². The number of nitrogens with zero attached hydrogens (tertiary/aromatic N) is 3. The van der Waals surface area contributed by atoms with Gasteiger partial charge in [0.25, 0.3) is 5.91 Å². The highest BCUT2D eigenvalue weighted by Crippen LogP contribution is 2.28. The number of carbonyl (C=O) groups excluding carboxylic acids is 2. The molecule has 162 valence electrons. The van der Waals surface area contributed by atoms with Crippen LogP contribution in [0.3, 0.4) is 0 Å². The zero-order valence-electron chi connectivity index (χ0n) is 17.1. The summed E-state index contributed by atoms with van der Waals surface area (Å²) in [5.41, 5.74) is 1.67. The molecule has 3 rings (SSSR count). The Kier molecular flexibility index (Phi) is 7.96. The lowest BCUT2D eigenvalue weighted by molar-refractivity contribution is -0.113. The molecular formula is C21H22FN5O2S2. The number of aromatic nitrogens is 2. The average molecular weight is 460 g/mol. The summed E-state index contributed by atoms with van der Waals surface area (Å²) >= 11 is 2.52. The van der Waals surface area contributed by atoms with Crippen LogP contribution in [-0.4, -0.2) is 45.8 Å². The van der Waals surface area contributed by atoms with Crippen LogP contribution in [0.5, 0.6) is 0 Å². The second kappa shape index (κ2) is 10.9. The van der Waals surface area contributed by atoms with Crippen molar-refractivity contribution in [2.75, 3.05) is 29.5 Å². The topological polar surface area (TPSA) is 87.2 Å². The van der Waals surface area contributed by atoms with Gasteiger partial charge < -0.3 is 15.5 Å². The Balaban J connectivity index is 1.53. The summed E-state index contributed by atoms with van der Waals surface area (Å²) in [7, 11) is 0. The Hall–Kier alpha value is -2.98. The smallest absolute Gasteiger partial charge is 0.253 e. The molecule has 10 heteroatoms. The van der Waals surface area contributed by atoms with Gasteiger partial charge in [0, 0.05) is 30.0 Å². The van der Waals surface area contributed by atoms with Crippen LogP contribution in [-0.2, 0) is 4.79 Å². The van der Waals surface area contributed by atoms with E-state index in [0.29, 0.717) is 39.5 Å². The van der Waals surface area contributed by atoms with Crippen molar-refractivity contribution in [2.45, 2.75) is 18.2 Å². The van der Waals surface area contributed by atoms with Crippen LogP contribution in [0.4, 0.5) is 20.9 Å². The fraction of sp³-hybridized carbons (Fsp3) is 0.238. The summed E-state index contributed by atoms with van der Waals surface area (Å²) < 4.78 is 13.9. The van der Waals surface area contributed by atoms with Gasteiger partial charge in [0.05, 0.1) is 5.75 Å². The first kappa shape index (κ1) is 22.7. The Bertz CT molecular complexity index is 1060. The van der Waals surface area contributed by atoms with E-state index in [1.807, 2.05) is 13.8 Å². The highest BCUT2D eigenvalue weighted by molar-refractivity contribution is 8.01. The summed E-state index contributed by atoms with van der Waals surface area (Å²) in [5, 5.41) is 14.3. The second-order valence-electron chi connectivity index (χ2n) is 6.40. The van der Waals surface area contributed by atoms with Crippen LogP contribution in [0, 0.1) is 5.82 Å². The molecule has 1 heterocycles. The minimum absolute atomic E-state index is 0.0670. The average Bonchev–Trinajstić information content (AvgIpc) is 3.20. The lowest BCUT2D eigenvalue weighted by Gasteiger charge is -2.19. The van der Waals surface area contributed by atoms with Crippen LogP contribution in [0.25, 0.3) is 0 Å². The Morgan fingerprint density at radius 1 is 1.06 bits per heavy atom. The largest absolute Gasteiger partial charge is 0.339 e. The number of anilines is 3. The molecule has 0 aliphatic rings. The molecule has 0 aliphatic carbocycles. The van der Waals surface area contributed by atoms with Gasteiger partial charge in [-0.15, -0.1) is 10.2 Å². The van der Waals surface area contributed by atoms with E-state index in [0.717, 1.165) is 0 Å². The molecule has 2 amide bonds. The maximum Gasteiger partial charge on any atom is 0.253 e. The molecule has 0 saturated heterocycles. The Morgan fingerprint density at radius 3 is 2.55 bits per heavy atom. The van der Waals surface area contributed by atoms with Crippen molar-refractivity contribution in [3.63, 3.8) is 0 Å². The monoisotopic (exact) mass is 459 g/mol. The van der Waals surface area contributed by atoms with E-state index in [4.69, 9.17) is 0 Å². The van der Waals surface area contributed by atoms with Crippen LogP contribution in [0.15, 0.2) is 52.9 Å². The molecule has 0 saturated carbocycles. The number of hydrogen-bond acceptors (Lipinski definition) is 7. The molecular weight excluding hydrogens is 437 g/mol. The van der Waals surface area contributed by atoms with Crippen molar-refractivity contribution in [1.82, 2.24) is 15.1 Å². The first-order valence-electron chi connectivity index (χ1n) is 9.66. The fourth-order valence-electron chi connectivity index (χ4n) is 2.76. The van der Waals surface area contributed by atoms with E-state index >= 15 is 0 Å². The quantitative estimate of drug-likeness (QED) is 0.454. The molecule has 0 spiro atoms. The van der Waals surface area contributed by atoms with Gasteiger partial charge in [-0.05, 0) is 50.2 Å². The maximum atomic E-state index is 13.3. The molecule has 0 fully saturated rings. The molecule has 7 nitrogen and oxygen atoms in total. The number of benzene rings is 2. The van der Waals surface area contributed by atoms with Crippen molar-refractivity contribution in [3.8, 4) is 0 Å². The van der Waals surface area contributed by atoms with Crippen LogP contribution >= 0.6 is 23.1 Å². The van der Waals surface area contributed by atoms with Gasteiger partial charge in [-0.3, -0.25) is 9.59 Å². The normalized spacial score (nSPS) is 10.5. The summed E-state index contributed by atoms with van der Waals surface area (Å²) in [6.07, 6.45) is 0. The van der Waals surface area contributed by atoms with Gasteiger partial charge in [0.1, 0.15) is 5.82 Å². The lowest BCUT2D eigenvalue weighted by Crippen LogP contribution is -2.30. The molecule has 0 radical (unpaired) electrons. The first-order chi connectivity index (χ1) is 15.0. The van der Waals surface area contributed by atoms with E-state index in [9.17, 15) is 14.0 Å². The van der Waals surface area contributed by atoms with Crippen LogP contribution < -0.4 is 10.6 Å². The molecule has 0 atom stereocenters. The predicted octanol–water partition coefficient (Wildman–Crippen LogP) is 4.63. The van der Waals surface area contributed by atoms with Crippen LogP contribution in [0.1, 0.15) is 24.2 Å².